The van der Waals surface area contributed by atoms with Gasteiger partial charge in [0.2, 0.25) is 0 Å². The average molecular weight is 963 g/mol. The van der Waals surface area contributed by atoms with Gasteiger partial charge in [-0.25, -0.2) is 0 Å². The molecule has 0 heterocycles. The van der Waals surface area contributed by atoms with E-state index in [9.17, 15) is 0 Å². The molecule has 0 aliphatic heterocycles. The van der Waals surface area contributed by atoms with Gasteiger partial charge >= 0.3 is 0 Å². The molecule has 0 bridgehead atoms. The first-order chi connectivity index (χ1) is 28.3. The van der Waals surface area contributed by atoms with E-state index in [0.717, 1.165) is 0 Å². The van der Waals surface area contributed by atoms with Crippen molar-refractivity contribution in [3.63, 3.8) is 0 Å². The molecule has 7 heteroatoms. The third-order valence-corrected chi connectivity index (χ3v) is 15.5. The first-order valence-electron chi connectivity index (χ1n) is 19.0. The Morgan fingerprint density at radius 1 is 0.148 bits per heavy atom. The van der Waals surface area contributed by atoms with Gasteiger partial charge in [-0.2, -0.15) is 0 Å². The van der Waals surface area contributed by atoms with E-state index in [1.165, 1.54) is 44.1 Å². The van der Waals surface area contributed by atoms with Gasteiger partial charge in [0.05, 0.1) is 32.7 Å². The zero-order valence-corrected chi connectivity index (χ0v) is 38.5. The Balaban J connectivity index is 0.000000236. The van der Waals surface area contributed by atoms with Crippen LogP contribution in [0.5, 0.6) is 0 Å². The third kappa shape index (κ3) is 14.4. The van der Waals surface area contributed by atoms with Gasteiger partial charge in [-0.1, -0.05) is 164 Å². The first kappa shape index (κ1) is 50.1. The number of hydrogen-bond donors (Lipinski definition) is 0. The maximum Gasteiger partial charge on any atom is 0.166 e. The molecule has 0 amide bonds. The van der Waals surface area contributed by atoms with E-state index >= 15 is 0 Å². The number of rotatable bonds is 9. The van der Waals surface area contributed by atoms with Crippen molar-refractivity contribution in [2.24, 2.45) is 0 Å². The molecule has 3 nitrogen and oxygen atoms in total. The standard InChI is InChI=1S/3C18H15S.3H2O.Sb/c3*1-4-10-16(11-5-1)19(17-12-6-2-7-13-17)18-14-8-3-9-15-18;;;;/h3*1-15H;3*1H2;/q3*+1;;;;/p-3. The van der Waals surface area contributed by atoms with Crippen LogP contribution in [0.15, 0.2) is 317 Å². The SMILES string of the molecule is [OH-].[OH-].[OH-].[Sb].c1ccc([S+](c2ccccc2)c2ccccc2)cc1.c1ccc([S+](c2ccccc2)c2ccccc2)cc1.c1ccc([S+](c2ccccc2)c2ccccc2)cc1. The van der Waals surface area contributed by atoms with Crippen LogP contribution in [0.25, 0.3) is 0 Å². The van der Waals surface area contributed by atoms with E-state index in [1.807, 2.05) is 0 Å². The molecule has 9 aromatic carbocycles. The summed E-state index contributed by atoms with van der Waals surface area (Å²) in [6.07, 6.45) is 0. The van der Waals surface area contributed by atoms with Crippen LogP contribution in [-0.2, 0) is 32.7 Å². The van der Waals surface area contributed by atoms with E-state index in [2.05, 4.69) is 273 Å². The van der Waals surface area contributed by atoms with Gasteiger partial charge in [0.25, 0.3) is 0 Å². The molecule has 0 fully saturated rings. The van der Waals surface area contributed by atoms with Crippen LogP contribution in [0.1, 0.15) is 0 Å². The summed E-state index contributed by atoms with van der Waals surface area (Å²) >= 11 is 0. The van der Waals surface area contributed by atoms with Gasteiger partial charge in [-0.15, -0.1) is 0 Å². The summed E-state index contributed by atoms with van der Waals surface area (Å²) in [6.45, 7) is 0. The molecule has 3 N–H and O–H groups in total. The predicted octanol–water partition coefficient (Wildman–Crippen LogP) is 13.4. The fourth-order valence-electron chi connectivity index (χ4n) is 6.23. The smallest absolute Gasteiger partial charge is 0.166 e. The second-order valence-electron chi connectivity index (χ2n) is 12.7. The molecule has 0 unspecified atom stereocenters. The van der Waals surface area contributed by atoms with Gasteiger partial charge in [0, 0.05) is 24.4 Å². The monoisotopic (exact) mass is 961 g/mol. The fourth-order valence-corrected chi connectivity index (χ4v) is 12.5. The van der Waals surface area contributed by atoms with Crippen LogP contribution < -0.4 is 0 Å². The van der Waals surface area contributed by atoms with E-state index in [0.29, 0.717) is 0 Å². The average Bonchev–Trinajstić information content (AvgIpc) is 3.30. The van der Waals surface area contributed by atoms with E-state index < -0.39 is 0 Å². The second-order valence-corrected chi connectivity index (χ2v) is 18.8. The third-order valence-electron chi connectivity index (χ3n) is 8.81. The molecular formula is C54H48O3S3Sb. The summed E-state index contributed by atoms with van der Waals surface area (Å²) in [4.78, 5) is 12.2. The quantitative estimate of drug-likeness (QED) is 0.107. The van der Waals surface area contributed by atoms with E-state index in [4.69, 9.17) is 0 Å². The van der Waals surface area contributed by atoms with E-state index in [-0.39, 0.29) is 73.5 Å². The second kappa shape index (κ2) is 27.5. The molecule has 0 aromatic heterocycles. The maximum atomic E-state index is 2.21. The Morgan fingerprint density at radius 3 is 0.311 bits per heavy atom. The van der Waals surface area contributed by atoms with Crippen LogP contribution in [-0.4, -0.2) is 40.9 Å². The Labute approximate surface area is 387 Å². The summed E-state index contributed by atoms with van der Waals surface area (Å²) in [7, 11) is -0.0439. The van der Waals surface area contributed by atoms with Crippen LogP contribution in [0, 0.1) is 0 Å². The van der Waals surface area contributed by atoms with Gasteiger partial charge in [-0.3, -0.25) is 0 Å². The molecule has 305 valence electrons. The summed E-state index contributed by atoms with van der Waals surface area (Å²) in [5, 5.41) is 0. The van der Waals surface area contributed by atoms with Crippen molar-refractivity contribution in [2.75, 3.05) is 0 Å². The van der Waals surface area contributed by atoms with Gasteiger partial charge in [0.15, 0.2) is 44.1 Å². The molecule has 9 aromatic rings. The molecule has 0 atom stereocenters. The van der Waals surface area contributed by atoms with Crippen molar-refractivity contribution in [3.8, 4) is 0 Å². The topological polar surface area (TPSA) is 90.0 Å². The van der Waals surface area contributed by atoms with Crippen LogP contribution in [0.3, 0.4) is 0 Å². The maximum absolute atomic E-state index is 2.21. The summed E-state index contributed by atoms with van der Waals surface area (Å²) in [5.41, 5.74) is 0. The summed E-state index contributed by atoms with van der Waals surface area (Å²) in [6, 6.07) is 96.5. The number of hydrogen-bond acceptors (Lipinski definition) is 3. The minimum Gasteiger partial charge on any atom is -0.870 e. The molecule has 0 aliphatic carbocycles. The van der Waals surface area contributed by atoms with Crippen LogP contribution >= 0.6 is 0 Å². The van der Waals surface area contributed by atoms with Crippen LogP contribution in [0.4, 0.5) is 0 Å². The van der Waals surface area contributed by atoms with Crippen molar-refractivity contribution in [3.05, 3.63) is 273 Å². The van der Waals surface area contributed by atoms with Crippen molar-refractivity contribution < 1.29 is 16.4 Å². The normalized spacial score (nSPS) is 9.89. The Hall–Kier alpha value is -5.27. The first-order valence-corrected chi connectivity index (χ1v) is 22.7. The minimum atomic E-state index is -0.0146. The fraction of sp³-hybridized carbons (Fsp3) is 0. The van der Waals surface area contributed by atoms with Crippen molar-refractivity contribution in [1.29, 1.82) is 0 Å². The zero-order chi connectivity index (χ0) is 38.7. The van der Waals surface area contributed by atoms with Crippen LogP contribution in [0.2, 0.25) is 0 Å². The summed E-state index contributed by atoms with van der Waals surface area (Å²) < 4.78 is 0. The minimum absolute atomic E-state index is 0. The summed E-state index contributed by atoms with van der Waals surface area (Å²) in [5.74, 6) is 0. The molecule has 61 heavy (non-hydrogen) atoms. The molecule has 0 aliphatic rings. The zero-order valence-electron chi connectivity index (χ0n) is 33.5. The Bertz CT molecular complexity index is 1880. The molecular weight excluding hydrogens is 915 g/mol. The van der Waals surface area contributed by atoms with Gasteiger partial charge in [0.1, 0.15) is 0 Å². The van der Waals surface area contributed by atoms with Gasteiger partial charge < -0.3 is 16.4 Å². The molecule has 3 radical (unpaired) electrons. The Kier molecular flexibility index (Phi) is 22.6. The largest absolute Gasteiger partial charge is 0.870 e. The molecule has 0 saturated heterocycles. The van der Waals surface area contributed by atoms with Crippen molar-refractivity contribution >= 4 is 57.1 Å². The molecule has 0 spiro atoms. The predicted molar refractivity (Wildman–Crippen MR) is 256 cm³/mol. The Morgan fingerprint density at radius 2 is 0.230 bits per heavy atom. The van der Waals surface area contributed by atoms with E-state index in [1.54, 1.807) is 0 Å². The molecule has 0 saturated carbocycles. The molecule has 9 rings (SSSR count). The van der Waals surface area contributed by atoms with Crippen molar-refractivity contribution in [2.45, 2.75) is 44.1 Å². The number of benzene rings is 9. The van der Waals surface area contributed by atoms with Crippen molar-refractivity contribution in [1.82, 2.24) is 0 Å². The van der Waals surface area contributed by atoms with Gasteiger partial charge in [-0.05, 0) is 109 Å².